The second-order valence-corrected chi connectivity index (χ2v) is 4.07. The van der Waals surface area contributed by atoms with Gasteiger partial charge in [-0.05, 0) is 13.8 Å². The third-order valence-corrected chi connectivity index (χ3v) is 2.56. The molecule has 2 N–H and O–H groups in total. The Morgan fingerprint density at radius 3 is 2.72 bits per heavy atom. The minimum Gasteiger partial charge on any atom is -0.481 e. The molecule has 100 valence electrons. The Balaban J connectivity index is 2.64. The molecule has 18 heavy (non-hydrogen) atoms. The van der Waals surface area contributed by atoms with E-state index in [0.29, 0.717) is 12.2 Å². The fraction of sp³-hybridized carbons (Fsp3) is 0.545. The van der Waals surface area contributed by atoms with Crippen molar-refractivity contribution in [3.8, 4) is 0 Å². The van der Waals surface area contributed by atoms with Gasteiger partial charge in [0.25, 0.3) is 0 Å². The number of carboxylic acids is 1. The van der Waals surface area contributed by atoms with Crippen LogP contribution in [-0.2, 0) is 11.8 Å². The lowest BCUT2D eigenvalue weighted by atomic mass is 10.2. The summed E-state index contributed by atoms with van der Waals surface area (Å²) in [5, 5.41) is 15.3. The predicted molar refractivity (Wildman–Crippen MR) is 66.3 cm³/mol. The van der Waals surface area contributed by atoms with Crippen LogP contribution in [0.4, 0.5) is 10.5 Å². The van der Waals surface area contributed by atoms with Gasteiger partial charge >= 0.3 is 12.0 Å². The van der Waals surface area contributed by atoms with Gasteiger partial charge < -0.3 is 15.3 Å². The largest absolute Gasteiger partial charge is 0.481 e. The summed E-state index contributed by atoms with van der Waals surface area (Å²) in [6.07, 6.45) is 3.13. The first kappa shape index (κ1) is 14.0. The number of nitrogens with one attached hydrogen (secondary N) is 1. The molecule has 0 fully saturated rings. The Kier molecular flexibility index (Phi) is 4.70. The summed E-state index contributed by atoms with van der Waals surface area (Å²) in [6.45, 7) is 3.96. The van der Waals surface area contributed by atoms with Crippen molar-refractivity contribution in [2.75, 3.05) is 11.9 Å². The highest BCUT2D eigenvalue weighted by atomic mass is 16.4. The monoisotopic (exact) mass is 254 g/mol. The Morgan fingerprint density at radius 2 is 2.28 bits per heavy atom. The van der Waals surface area contributed by atoms with Crippen LogP contribution in [0.5, 0.6) is 0 Å². The van der Waals surface area contributed by atoms with Gasteiger partial charge in [-0.25, -0.2) is 4.79 Å². The van der Waals surface area contributed by atoms with Gasteiger partial charge in [0, 0.05) is 25.8 Å². The zero-order valence-corrected chi connectivity index (χ0v) is 10.8. The first-order valence-corrected chi connectivity index (χ1v) is 5.72. The highest BCUT2D eigenvalue weighted by molar-refractivity contribution is 5.89. The van der Waals surface area contributed by atoms with Gasteiger partial charge in [0.1, 0.15) is 0 Å². The number of carboxylic acid groups (broad SMARTS) is 1. The van der Waals surface area contributed by atoms with Crippen molar-refractivity contribution in [3.05, 3.63) is 12.4 Å². The molecule has 1 rings (SSSR count). The van der Waals surface area contributed by atoms with Crippen molar-refractivity contribution >= 4 is 17.7 Å². The van der Waals surface area contributed by atoms with Crippen LogP contribution < -0.4 is 5.32 Å². The third kappa shape index (κ3) is 3.76. The van der Waals surface area contributed by atoms with E-state index in [1.165, 1.54) is 11.1 Å². The number of amides is 2. The smallest absolute Gasteiger partial charge is 0.322 e. The molecule has 1 unspecified atom stereocenters. The van der Waals surface area contributed by atoms with Gasteiger partial charge in [-0.15, -0.1) is 0 Å². The van der Waals surface area contributed by atoms with Crippen LogP contribution in [0, 0.1) is 0 Å². The normalized spacial score (nSPS) is 11.9. The lowest BCUT2D eigenvalue weighted by molar-refractivity contribution is -0.137. The number of hydrogen-bond donors (Lipinski definition) is 2. The number of urea groups is 1. The Labute approximate surface area is 105 Å². The number of aliphatic carboxylic acids is 1. The van der Waals surface area contributed by atoms with Crippen LogP contribution in [0.15, 0.2) is 12.4 Å². The maximum atomic E-state index is 12.0. The SMILES string of the molecule is CCN(C(=O)Nc1cnn(C)c1)C(C)CC(=O)O. The van der Waals surface area contributed by atoms with Crippen LogP contribution in [-0.4, -0.2) is 44.4 Å². The van der Waals surface area contributed by atoms with Gasteiger partial charge in [0.05, 0.1) is 18.3 Å². The average Bonchev–Trinajstić information content (AvgIpc) is 2.63. The molecule has 0 radical (unpaired) electrons. The number of carbonyl (C=O) groups excluding carboxylic acids is 1. The quantitative estimate of drug-likeness (QED) is 0.824. The minimum absolute atomic E-state index is 0.0751. The Bertz CT molecular complexity index is 430. The molecule has 1 heterocycles. The zero-order valence-electron chi connectivity index (χ0n) is 10.8. The first-order valence-electron chi connectivity index (χ1n) is 5.72. The number of rotatable bonds is 5. The molecule has 2 amide bonds. The predicted octanol–water partition coefficient (Wildman–Crippen LogP) is 1.14. The van der Waals surface area contributed by atoms with E-state index in [0.717, 1.165) is 0 Å². The first-order chi connectivity index (χ1) is 8.43. The van der Waals surface area contributed by atoms with Crippen molar-refractivity contribution in [1.82, 2.24) is 14.7 Å². The molecule has 0 saturated heterocycles. The van der Waals surface area contributed by atoms with E-state index in [2.05, 4.69) is 10.4 Å². The molecule has 1 atom stereocenters. The standard InChI is InChI=1S/C11H18N4O3/c1-4-15(8(2)5-10(16)17)11(18)13-9-6-12-14(3)7-9/h6-8H,4-5H2,1-3H3,(H,13,18)(H,16,17). The molecular weight excluding hydrogens is 236 g/mol. The zero-order chi connectivity index (χ0) is 13.7. The summed E-state index contributed by atoms with van der Waals surface area (Å²) in [6, 6.07) is -0.677. The van der Waals surface area contributed by atoms with Gasteiger partial charge in [0.2, 0.25) is 0 Å². The molecule has 0 spiro atoms. The highest BCUT2D eigenvalue weighted by Crippen LogP contribution is 2.09. The number of hydrogen-bond acceptors (Lipinski definition) is 3. The summed E-state index contributed by atoms with van der Waals surface area (Å²) in [7, 11) is 1.75. The highest BCUT2D eigenvalue weighted by Gasteiger charge is 2.20. The van der Waals surface area contributed by atoms with Crippen LogP contribution >= 0.6 is 0 Å². The van der Waals surface area contributed by atoms with Crippen molar-refractivity contribution in [3.63, 3.8) is 0 Å². The molecule has 0 saturated carbocycles. The van der Waals surface area contributed by atoms with Gasteiger partial charge in [-0.2, -0.15) is 5.10 Å². The maximum absolute atomic E-state index is 12.0. The van der Waals surface area contributed by atoms with E-state index in [1.807, 2.05) is 0 Å². The lowest BCUT2D eigenvalue weighted by Gasteiger charge is -2.26. The fourth-order valence-corrected chi connectivity index (χ4v) is 1.70. The summed E-state index contributed by atoms with van der Waals surface area (Å²) in [5.41, 5.74) is 0.587. The molecule has 1 aromatic rings. The summed E-state index contributed by atoms with van der Waals surface area (Å²) in [4.78, 5) is 24.1. The third-order valence-electron chi connectivity index (χ3n) is 2.56. The Morgan fingerprint density at radius 1 is 1.61 bits per heavy atom. The average molecular weight is 254 g/mol. The van der Waals surface area contributed by atoms with Gasteiger partial charge in [-0.3, -0.25) is 9.48 Å². The van der Waals surface area contributed by atoms with E-state index in [1.54, 1.807) is 31.8 Å². The van der Waals surface area contributed by atoms with Crippen LogP contribution in [0.1, 0.15) is 20.3 Å². The maximum Gasteiger partial charge on any atom is 0.322 e. The van der Waals surface area contributed by atoms with Crippen molar-refractivity contribution in [1.29, 1.82) is 0 Å². The summed E-state index contributed by atoms with van der Waals surface area (Å²) < 4.78 is 1.58. The molecule has 0 aliphatic carbocycles. The second-order valence-electron chi connectivity index (χ2n) is 4.07. The molecule has 0 aliphatic heterocycles. The van der Waals surface area contributed by atoms with E-state index in [4.69, 9.17) is 5.11 Å². The molecule has 0 aliphatic rings. The number of anilines is 1. The van der Waals surface area contributed by atoms with Crippen LogP contribution in [0.2, 0.25) is 0 Å². The summed E-state index contributed by atoms with van der Waals surface area (Å²) in [5.74, 6) is -0.921. The van der Waals surface area contributed by atoms with E-state index >= 15 is 0 Å². The number of aryl methyl sites for hydroxylation is 1. The van der Waals surface area contributed by atoms with Gasteiger partial charge in [-0.1, -0.05) is 0 Å². The van der Waals surface area contributed by atoms with E-state index in [-0.39, 0.29) is 18.5 Å². The minimum atomic E-state index is -0.921. The van der Waals surface area contributed by atoms with E-state index < -0.39 is 5.97 Å². The second kappa shape index (κ2) is 6.04. The Hall–Kier alpha value is -2.05. The number of carbonyl (C=O) groups is 2. The van der Waals surface area contributed by atoms with Gasteiger partial charge in [0.15, 0.2) is 0 Å². The van der Waals surface area contributed by atoms with Crippen molar-refractivity contribution in [2.45, 2.75) is 26.3 Å². The van der Waals surface area contributed by atoms with Crippen LogP contribution in [0.3, 0.4) is 0 Å². The fourth-order valence-electron chi connectivity index (χ4n) is 1.70. The van der Waals surface area contributed by atoms with E-state index in [9.17, 15) is 9.59 Å². The molecular formula is C11H18N4O3. The molecule has 7 nitrogen and oxygen atoms in total. The number of aromatic nitrogens is 2. The van der Waals surface area contributed by atoms with Crippen molar-refractivity contribution < 1.29 is 14.7 Å². The molecule has 7 heteroatoms. The molecule has 0 bridgehead atoms. The topological polar surface area (TPSA) is 87.5 Å². The van der Waals surface area contributed by atoms with Crippen LogP contribution in [0.25, 0.3) is 0 Å². The van der Waals surface area contributed by atoms with Crippen molar-refractivity contribution in [2.24, 2.45) is 7.05 Å². The summed E-state index contributed by atoms with van der Waals surface area (Å²) >= 11 is 0. The molecule has 0 aromatic carbocycles. The number of nitrogens with zero attached hydrogens (tertiary/aromatic N) is 3. The molecule has 1 aromatic heterocycles. The lowest BCUT2D eigenvalue weighted by Crippen LogP contribution is -2.42.